The van der Waals surface area contributed by atoms with Gasteiger partial charge in [-0.3, -0.25) is 0 Å². The summed E-state index contributed by atoms with van der Waals surface area (Å²) in [4.78, 5) is 9.28. The van der Waals surface area contributed by atoms with E-state index < -0.39 is 0 Å². The van der Waals surface area contributed by atoms with Gasteiger partial charge in [0.25, 0.3) is 0 Å². The summed E-state index contributed by atoms with van der Waals surface area (Å²) in [7, 11) is 1.68. The normalized spacial score (nSPS) is 13.7. The van der Waals surface area contributed by atoms with E-state index in [0.717, 1.165) is 64.0 Å². The first kappa shape index (κ1) is 18.6. The zero-order valence-corrected chi connectivity index (χ0v) is 17.6. The summed E-state index contributed by atoms with van der Waals surface area (Å²) in [5, 5.41) is 12.2. The maximum Gasteiger partial charge on any atom is 0.245 e. The smallest absolute Gasteiger partial charge is 0.245 e. The number of fused-ring (bicyclic) bond motifs is 1. The Morgan fingerprint density at radius 2 is 2.00 bits per heavy atom. The van der Waals surface area contributed by atoms with Crippen LogP contribution in [-0.4, -0.2) is 31.8 Å². The number of ether oxygens (including phenoxy) is 1. The molecule has 3 heterocycles. The molecule has 30 heavy (non-hydrogen) atoms. The van der Waals surface area contributed by atoms with Crippen LogP contribution in [-0.2, 0) is 6.54 Å². The topological polar surface area (TPSA) is 90.4 Å². The van der Waals surface area contributed by atoms with E-state index in [1.54, 1.807) is 7.11 Å². The number of rotatable bonds is 6. The summed E-state index contributed by atoms with van der Waals surface area (Å²) < 4.78 is 12.6. The molecule has 0 amide bonds. The first-order valence-corrected chi connectivity index (χ1v) is 10.1. The van der Waals surface area contributed by atoms with Crippen molar-refractivity contribution in [3.63, 3.8) is 0 Å². The molecular weight excluding hydrogens is 380 g/mol. The molecule has 0 radical (unpaired) electrons. The summed E-state index contributed by atoms with van der Waals surface area (Å²) in [6, 6.07) is 8.03. The monoisotopic (exact) mass is 404 g/mol. The van der Waals surface area contributed by atoms with Crippen LogP contribution in [0.15, 0.2) is 28.8 Å². The second-order valence-electron chi connectivity index (χ2n) is 7.83. The van der Waals surface area contributed by atoms with Crippen LogP contribution in [0.1, 0.15) is 47.4 Å². The minimum atomic E-state index is 0.439. The Morgan fingerprint density at radius 3 is 2.73 bits per heavy atom. The summed E-state index contributed by atoms with van der Waals surface area (Å²) in [5.74, 6) is 3.54. The molecule has 0 aliphatic heterocycles. The van der Waals surface area contributed by atoms with E-state index in [1.165, 1.54) is 0 Å². The van der Waals surface area contributed by atoms with Gasteiger partial charge in [-0.05, 0) is 56.9 Å². The molecule has 1 aliphatic carbocycles. The van der Waals surface area contributed by atoms with Gasteiger partial charge in [0.1, 0.15) is 11.6 Å². The first-order chi connectivity index (χ1) is 14.5. The number of anilines is 1. The molecule has 1 aliphatic rings. The fourth-order valence-electron chi connectivity index (χ4n) is 3.74. The molecule has 8 heteroatoms. The van der Waals surface area contributed by atoms with Crippen LogP contribution in [0, 0.1) is 20.8 Å². The Balaban J connectivity index is 1.51. The van der Waals surface area contributed by atoms with Crippen molar-refractivity contribution in [2.24, 2.45) is 0 Å². The van der Waals surface area contributed by atoms with E-state index in [9.17, 15) is 0 Å². The zero-order valence-electron chi connectivity index (χ0n) is 17.6. The summed E-state index contributed by atoms with van der Waals surface area (Å²) in [6.07, 6.45) is 2.30. The third kappa shape index (κ3) is 3.28. The van der Waals surface area contributed by atoms with Gasteiger partial charge in [-0.15, -0.1) is 0 Å². The maximum atomic E-state index is 5.39. The number of aryl methyl sites for hydroxylation is 3. The van der Waals surface area contributed by atoms with E-state index in [2.05, 4.69) is 28.4 Å². The van der Waals surface area contributed by atoms with Crippen molar-refractivity contribution in [3.8, 4) is 16.9 Å². The van der Waals surface area contributed by atoms with E-state index in [4.69, 9.17) is 19.3 Å². The molecule has 1 saturated carbocycles. The largest absolute Gasteiger partial charge is 0.497 e. The number of benzene rings is 1. The van der Waals surface area contributed by atoms with E-state index in [1.807, 2.05) is 36.6 Å². The molecular formula is C22H24N6O2. The van der Waals surface area contributed by atoms with Gasteiger partial charge in [0.15, 0.2) is 11.5 Å². The third-order valence-corrected chi connectivity index (χ3v) is 5.44. The molecule has 1 fully saturated rings. The lowest BCUT2D eigenvalue weighted by atomic mass is 10.0. The zero-order chi connectivity index (χ0) is 20.8. The number of nitrogens with zero attached hydrogens (tertiary/aromatic N) is 5. The van der Waals surface area contributed by atoms with Gasteiger partial charge in [-0.2, -0.15) is 14.6 Å². The molecule has 1 aromatic carbocycles. The Morgan fingerprint density at radius 1 is 1.17 bits per heavy atom. The highest BCUT2D eigenvalue weighted by molar-refractivity contribution is 5.83. The Bertz CT molecular complexity index is 1240. The fraction of sp³-hybridized carbons (Fsp3) is 0.364. The Labute approximate surface area is 174 Å². The van der Waals surface area contributed by atoms with E-state index in [0.29, 0.717) is 18.4 Å². The third-order valence-electron chi connectivity index (χ3n) is 5.44. The van der Waals surface area contributed by atoms with Gasteiger partial charge in [-0.1, -0.05) is 11.2 Å². The predicted octanol–water partition coefficient (Wildman–Crippen LogP) is 4.20. The summed E-state index contributed by atoms with van der Waals surface area (Å²) >= 11 is 0. The highest BCUT2D eigenvalue weighted by Gasteiger charge is 2.28. The number of hydrogen-bond acceptors (Lipinski definition) is 7. The van der Waals surface area contributed by atoms with Crippen molar-refractivity contribution in [1.29, 1.82) is 0 Å². The minimum absolute atomic E-state index is 0.439. The number of aromatic nitrogens is 5. The van der Waals surface area contributed by atoms with E-state index >= 15 is 0 Å². The molecule has 0 saturated heterocycles. The molecule has 0 bridgehead atoms. The molecule has 0 unspecified atom stereocenters. The van der Waals surface area contributed by atoms with Crippen molar-refractivity contribution < 1.29 is 9.26 Å². The molecule has 8 nitrogen and oxygen atoms in total. The lowest BCUT2D eigenvalue weighted by Gasteiger charge is -2.10. The molecule has 0 spiro atoms. The van der Waals surface area contributed by atoms with Gasteiger partial charge >= 0.3 is 0 Å². The fourth-order valence-corrected chi connectivity index (χ4v) is 3.74. The van der Waals surface area contributed by atoms with Crippen LogP contribution in [0.5, 0.6) is 5.75 Å². The van der Waals surface area contributed by atoms with Crippen LogP contribution in [0.3, 0.4) is 0 Å². The second kappa shape index (κ2) is 7.12. The van der Waals surface area contributed by atoms with Gasteiger partial charge in [0.2, 0.25) is 5.89 Å². The standard InChI is InChI=1S/C22H24N6O2/c1-12-9-16(29-4)7-8-17(12)20-14(3)26-28-18(10-13(2)24-22(20)28)23-11-19-25-21(27-30-19)15-5-6-15/h7-10,15,23H,5-6,11H2,1-4H3. The molecule has 3 aromatic heterocycles. The number of hydrogen-bond donors (Lipinski definition) is 1. The van der Waals surface area contributed by atoms with Crippen LogP contribution < -0.4 is 10.1 Å². The Hall–Kier alpha value is -3.42. The van der Waals surface area contributed by atoms with Gasteiger partial charge in [-0.25, -0.2) is 4.98 Å². The van der Waals surface area contributed by atoms with Crippen molar-refractivity contribution in [3.05, 3.63) is 52.9 Å². The van der Waals surface area contributed by atoms with Crippen LogP contribution in [0.25, 0.3) is 16.8 Å². The SMILES string of the molecule is COc1ccc(-c2c(C)nn3c(NCc4nc(C5CC5)no4)cc(C)nc23)c(C)c1. The lowest BCUT2D eigenvalue weighted by Crippen LogP contribution is -2.07. The highest BCUT2D eigenvalue weighted by Crippen LogP contribution is 2.38. The summed E-state index contributed by atoms with van der Waals surface area (Å²) in [6.45, 7) is 6.50. The van der Waals surface area contributed by atoms with Gasteiger partial charge in [0.05, 0.1) is 19.3 Å². The van der Waals surface area contributed by atoms with Crippen molar-refractivity contribution in [1.82, 2.24) is 24.7 Å². The molecule has 154 valence electrons. The second-order valence-corrected chi connectivity index (χ2v) is 7.83. The van der Waals surface area contributed by atoms with E-state index in [-0.39, 0.29) is 0 Å². The predicted molar refractivity (Wildman–Crippen MR) is 113 cm³/mol. The number of nitrogens with one attached hydrogen (secondary N) is 1. The van der Waals surface area contributed by atoms with Crippen molar-refractivity contribution in [2.75, 3.05) is 12.4 Å². The number of methoxy groups -OCH3 is 1. The summed E-state index contributed by atoms with van der Waals surface area (Å²) in [5.41, 5.74) is 5.87. The average Bonchev–Trinajstić information content (AvgIpc) is 3.38. The van der Waals surface area contributed by atoms with Gasteiger partial charge < -0.3 is 14.6 Å². The molecule has 5 rings (SSSR count). The van der Waals surface area contributed by atoms with Crippen LogP contribution >= 0.6 is 0 Å². The molecule has 1 N–H and O–H groups in total. The van der Waals surface area contributed by atoms with Crippen molar-refractivity contribution >= 4 is 11.5 Å². The minimum Gasteiger partial charge on any atom is -0.497 e. The highest BCUT2D eigenvalue weighted by atomic mass is 16.5. The average molecular weight is 404 g/mol. The molecule has 0 atom stereocenters. The maximum absolute atomic E-state index is 5.39. The van der Waals surface area contributed by atoms with Crippen molar-refractivity contribution in [2.45, 2.75) is 46.1 Å². The van der Waals surface area contributed by atoms with Crippen LogP contribution in [0.2, 0.25) is 0 Å². The lowest BCUT2D eigenvalue weighted by molar-refractivity contribution is 0.377. The quantitative estimate of drug-likeness (QED) is 0.515. The van der Waals surface area contributed by atoms with Crippen LogP contribution in [0.4, 0.5) is 5.82 Å². The van der Waals surface area contributed by atoms with Gasteiger partial charge in [0, 0.05) is 23.2 Å². The molecule has 4 aromatic rings. The Kier molecular flexibility index (Phi) is 4.42. The first-order valence-electron chi connectivity index (χ1n) is 10.1.